The molecule has 0 aliphatic rings. The Bertz CT molecular complexity index is 630. The minimum Gasteiger partial charge on any atom is -0.480 e. The van der Waals surface area contributed by atoms with E-state index in [2.05, 4.69) is 5.09 Å². The molecule has 104 valence electrons. The molecule has 0 amide bonds. The van der Waals surface area contributed by atoms with Crippen molar-refractivity contribution < 1.29 is 19.4 Å². The number of carboxylic acid groups (broad SMARTS) is 1. The first kappa shape index (κ1) is 14.5. The lowest BCUT2D eigenvalue weighted by Gasteiger charge is -2.19. The molecule has 20 heavy (non-hydrogen) atoms. The molecule has 0 aliphatic carbocycles. The first-order valence-corrected chi connectivity index (χ1v) is 7.60. The van der Waals surface area contributed by atoms with Gasteiger partial charge in [-0.15, -0.1) is 0 Å². The number of aliphatic carboxylic acids is 1. The van der Waals surface area contributed by atoms with Crippen molar-refractivity contribution in [2.75, 3.05) is 0 Å². The highest BCUT2D eigenvalue weighted by molar-refractivity contribution is 7.64. The highest BCUT2D eigenvalue weighted by Crippen LogP contribution is 2.37. The third-order valence-electron chi connectivity index (χ3n) is 2.79. The van der Waals surface area contributed by atoms with Gasteiger partial charge in [0.1, 0.15) is 6.04 Å². The van der Waals surface area contributed by atoms with Crippen LogP contribution in [0.2, 0.25) is 0 Å². The van der Waals surface area contributed by atoms with Crippen LogP contribution in [0, 0.1) is 0 Å². The summed E-state index contributed by atoms with van der Waals surface area (Å²) >= 11 is 0. The number of carbonyl (C=O) groups is 1. The number of nitrogens with one attached hydrogen (secondary N) is 1. The molecule has 5 nitrogen and oxygen atoms in total. The lowest BCUT2D eigenvalue weighted by molar-refractivity contribution is -0.139. The molecule has 0 saturated carbocycles. The summed E-state index contributed by atoms with van der Waals surface area (Å²) in [4.78, 5) is 21.4. The molecule has 0 saturated heterocycles. The van der Waals surface area contributed by atoms with Crippen molar-refractivity contribution >= 4 is 18.8 Å². The van der Waals surface area contributed by atoms with E-state index in [1.54, 1.807) is 48.5 Å². The molecule has 0 radical (unpaired) electrons. The first-order valence-electron chi connectivity index (χ1n) is 5.94. The maximum atomic E-state index is 12.3. The molecule has 0 aromatic heterocycles. The molecule has 0 bridgehead atoms. The SMILES string of the molecule is O=C(O)C(NP(=O)(O)c1ccccc1)c1ccccc1. The minimum absolute atomic E-state index is 0.169. The van der Waals surface area contributed by atoms with Crippen molar-refractivity contribution in [3.8, 4) is 0 Å². The normalized spacial score (nSPS) is 15.2. The monoisotopic (exact) mass is 291 g/mol. The van der Waals surface area contributed by atoms with Gasteiger partial charge in [-0.2, -0.15) is 0 Å². The van der Waals surface area contributed by atoms with Gasteiger partial charge in [0.15, 0.2) is 0 Å². The van der Waals surface area contributed by atoms with Gasteiger partial charge in [0, 0.05) is 0 Å². The van der Waals surface area contributed by atoms with Crippen LogP contribution in [0.25, 0.3) is 0 Å². The molecular weight excluding hydrogens is 277 g/mol. The summed E-state index contributed by atoms with van der Waals surface area (Å²) in [7, 11) is -3.95. The zero-order valence-corrected chi connectivity index (χ0v) is 11.4. The molecule has 2 atom stereocenters. The predicted octanol–water partition coefficient (Wildman–Crippen LogP) is 1.91. The molecule has 0 heterocycles. The average molecular weight is 291 g/mol. The summed E-state index contributed by atoms with van der Waals surface area (Å²) < 4.78 is 12.3. The standard InChI is InChI=1S/C14H14NO4P/c16-14(17)13(11-7-3-1-4-8-11)15-20(18,19)12-9-5-2-6-10-12/h1-10,13H,(H,16,17)(H2,15,18,19). The van der Waals surface area contributed by atoms with Gasteiger partial charge in [0.25, 0.3) is 7.52 Å². The Kier molecular flexibility index (Phi) is 4.35. The number of hydrogen-bond acceptors (Lipinski definition) is 2. The topological polar surface area (TPSA) is 86.6 Å². The second kappa shape index (κ2) is 6.01. The van der Waals surface area contributed by atoms with Crippen molar-refractivity contribution in [1.29, 1.82) is 0 Å². The second-order valence-electron chi connectivity index (χ2n) is 4.22. The molecule has 6 heteroatoms. The van der Waals surface area contributed by atoms with Crippen LogP contribution < -0.4 is 10.4 Å². The number of benzene rings is 2. The molecule has 2 unspecified atom stereocenters. The fourth-order valence-corrected chi connectivity index (χ4v) is 3.13. The van der Waals surface area contributed by atoms with Crippen LogP contribution in [0.1, 0.15) is 11.6 Å². The fourth-order valence-electron chi connectivity index (χ4n) is 1.80. The Balaban J connectivity index is 2.30. The zero-order chi connectivity index (χ0) is 14.6. The van der Waals surface area contributed by atoms with Crippen molar-refractivity contribution in [2.24, 2.45) is 0 Å². The molecular formula is C14H14NO4P. The lowest BCUT2D eigenvalue weighted by Crippen LogP contribution is -2.29. The van der Waals surface area contributed by atoms with E-state index in [1.165, 1.54) is 12.1 Å². The molecule has 2 aromatic carbocycles. The van der Waals surface area contributed by atoms with Gasteiger partial charge in [-0.25, -0.2) is 5.09 Å². The highest BCUT2D eigenvalue weighted by atomic mass is 31.2. The number of carboxylic acids is 1. The average Bonchev–Trinajstić information content (AvgIpc) is 2.46. The van der Waals surface area contributed by atoms with Gasteiger partial charge in [-0.3, -0.25) is 9.36 Å². The van der Waals surface area contributed by atoms with E-state index in [4.69, 9.17) is 0 Å². The van der Waals surface area contributed by atoms with E-state index in [0.29, 0.717) is 5.56 Å². The molecule has 3 N–H and O–H groups in total. The third-order valence-corrected chi connectivity index (χ3v) is 4.40. The molecule has 2 aromatic rings. The van der Waals surface area contributed by atoms with Crippen LogP contribution >= 0.6 is 7.52 Å². The van der Waals surface area contributed by atoms with E-state index in [1.807, 2.05) is 0 Å². The first-order chi connectivity index (χ1) is 9.50. The van der Waals surface area contributed by atoms with Crippen LogP contribution in [0.4, 0.5) is 0 Å². The van der Waals surface area contributed by atoms with Crippen LogP contribution in [-0.2, 0) is 9.36 Å². The smallest absolute Gasteiger partial charge is 0.325 e. The van der Waals surface area contributed by atoms with Crippen molar-refractivity contribution in [2.45, 2.75) is 6.04 Å². The Labute approximate surface area is 116 Å². The largest absolute Gasteiger partial charge is 0.480 e. The highest BCUT2D eigenvalue weighted by Gasteiger charge is 2.30. The van der Waals surface area contributed by atoms with Crippen LogP contribution in [0.3, 0.4) is 0 Å². The Morgan fingerprint density at radius 2 is 1.50 bits per heavy atom. The summed E-state index contributed by atoms with van der Waals surface area (Å²) in [6.07, 6.45) is 0. The van der Waals surface area contributed by atoms with Crippen molar-refractivity contribution in [3.05, 3.63) is 66.2 Å². The minimum atomic E-state index is -3.95. The van der Waals surface area contributed by atoms with Gasteiger partial charge < -0.3 is 10.00 Å². The summed E-state index contributed by atoms with van der Waals surface area (Å²) in [6.45, 7) is 0. The lowest BCUT2D eigenvalue weighted by atomic mass is 10.1. The van der Waals surface area contributed by atoms with Gasteiger partial charge in [0.05, 0.1) is 5.30 Å². The van der Waals surface area contributed by atoms with Crippen LogP contribution in [-0.4, -0.2) is 16.0 Å². The summed E-state index contributed by atoms with van der Waals surface area (Å²) in [5, 5.41) is 11.7. The Hall–Kier alpha value is -1.94. The van der Waals surface area contributed by atoms with Gasteiger partial charge in [-0.1, -0.05) is 48.5 Å². The van der Waals surface area contributed by atoms with E-state index in [0.717, 1.165) is 0 Å². The summed E-state index contributed by atoms with van der Waals surface area (Å²) in [5.41, 5.74) is 0.421. The predicted molar refractivity (Wildman–Crippen MR) is 75.9 cm³/mol. The van der Waals surface area contributed by atoms with E-state index < -0.39 is 19.5 Å². The van der Waals surface area contributed by atoms with E-state index in [-0.39, 0.29) is 5.30 Å². The molecule has 0 fully saturated rings. The van der Waals surface area contributed by atoms with Gasteiger partial charge in [-0.05, 0) is 17.7 Å². The number of rotatable bonds is 5. The van der Waals surface area contributed by atoms with Crippen LogP contribution in [0.5, 0.6) is 0 Å². The maximum absolute atomic E-state index is 12.3. The fraction of sp³-hybridized carbons (Fsp3) is 0.0714. The molecule has 0 spiro atoms. The quantitative estimate of drug-likeness (QED) is 0.733. The number of hydrogen-bond donors (Lipinski definition) is 3. The molecule has 2 rings (SSSR count). The van der Waals surface area contributed by atoms with E-state index in [9.17, 15) is 19.4 Å². The Morgan fingerprint density at radius 1 is 1.00 bits per heavy atom. The van der Waals surface area contributed by atoms with Crippen molar-refractivity contribution in [3.63, 3.8) is 0 Å². The van der Waals surface area contributed by atoms with Crippen LogP contribution in [0.15, 0.2) is 60.7 Å². The van der Waals surface area contributed by atoms with Gasteiger partial charge >= 0.3 is 5.97 Å². The summed E-state index contributed by atoms with van der Waals surface area (Å²) in [5.74, 6) is -1.21. The summed E-state index contributed by atoms with van der Waals surface area (Å²) in [6, 6.07) is 15.0. The zero-order valence-electron chi connectivity index (χ0n) is 10.5. The van der Waals surface area contributed by atoms with Crippen molar-refractivity contribution in [1.82, 2.24) is 5.09 Å². The van der Waals surface area contributed by atoms with E-state index >= 15 is 0 Å². The Morgan fingerprint density at radius 3 is 2.00 bits per heavy atom. The molecule has 0 aliphatic heterocycles. The third kappa shape index (κ3) is 3.33. The van der Waals surface area contributed by atoms with Gasteiger partial charge in [0.2, 0.25) is 0 Å². The maximum Gasteiger partial charge on any atom is 0.325 e. The second-order valence-corrected chi connectivity index (χ2v) is 6.15.